The van der Waals surface area contributed by atoms with E-state index >= 15 is 0 Å². The number of rotatable bonds is 11. The summed E-state index contributed by atoms with van der Waals surface area (Å²) in [5.41, 5.74) is 2.83. The maximum absolute atomic E-state index is 14.5. The van der Waals surface area contributed by atoms with Crippen molar-refractivity contribution in [2.24, 2.45) is 0 Å². The highest BCUT2D eigenvalue weighted by atomic mass is 35.5. The first-order valence-electron chi connectivity index (χ1n) is 29.4. The molecule has 95 heavy (non-hydrogen) atoms. The van der Waals surface area contributed by atoms with Gasteiger partial charge in [0, 0.05) is 78.0 Å². The molecule has 0 bridgehead atoms. The number of hydrogen-bond donors (Lipinski definition) is 2. The zero-order chi connectivity index (χ0) is 68.5. The Hall–Kier alpha value is -7.90. The molecule has 0 atom stereocenters. The Bertz CT molecular complexity index is 4230. The number of amides is 3. The number of aromatic amines is 1. The second-order valence-electron chi connectivity index (χ2n) is 22.3. The van der Waals surface area contributed by atoms with Crippen molar-refractivity contribution in [3.63, 3.8) is 0 Å². The predicted molar refractivity (Wildman–Crippen MR) is 349 cm³/mol. The van der Waals surface area contributed by atoms with E-state index in [1.807, 2.05) is 0 Å². The molecule has 19 nitrogen and oxygen atoms in total. The fraction of sp³-hybridized carbons (Fsp3) is 0.299. The molecule has 0 saturated carbocycles. The second kappa shape index (κ2) is 31.8. The van der Waals surface area contributed by atoms with Gasteiger partial charge in [-0.3, -0.25) is 24.0 Å². The van der Waals surface area contributed by atoms with Crippen LogP contribution in [0.15, 0.2) is 95.8 Å². The van der Waals surface area contributed by atoms with Crippen LogP contribution in [0.25, 0.3) is 22.6 Å². The number of nitrogens with one attached hydrogen (secondary N) is 1. The Morgan fingerprint density at radius 2 is 0.884 bits per heavy atom. The highest BCUT2D eigenvalue weighted by molar-refractivity contribution is 6.44. The van der Waals surface area contributed by atoms with E-state index in [-0.39, 0.29) is 107 Å². The molecule has 1 aromatic heterocycles. The van der Waals surface area contributed by atoms with E-state index in [1.165, 1.54) is 66.7 Å². The largest absolute Gasteiger partial charge is 0.481 e. The molecule has 6 aromatic carbocycles. The molecule has 3 saturated heterocycles. The molecule has 0 unspecified atom stereocenters. The summed E-state index contributed by atoms with van der Waals surface area (Å²) >= 11 is 35.5. The minimum atomic E-state index is -1.01. The molecule has 0 radical (unpaired) electrons. The Morgan fingerprint density at radius 1 is 0.516 bits per heavy atom. The summed E-state index contributed by atoms with van der Waals surface area (Å²) in [5.74, 6) is -5.57. The van der Waals surface area contributed by atoms with Crippen molar-refractivity contribution in [1.82, 2.24) is 24.9 Å². The molecule has 7 aromatic rings. The number of hydrogen-bond acceptors (Lipinski definition) is 14. The Labute approximate surface area is 571 Å². The molecule has 28 heteroatoms. The van der Waals surface area contributed by atoms with E-state index in [2.05, 4.69) is 14.9 Å². The summed E-state index contributed by atoms with van der Waals surface area (Å²) in [7, 11) is 4.94. The second-order valence-corrected chi connectivity index (χ2v) is 24.8. The maximum atomic E-state index is 14.5. The van der Waals surface area contributed by atoms with Crippen molar-refractivity contribution < 1.29 is 75.5 Å². The van der Waals surface area contributed by atoms with Gasteiger partial charge in [-0.25, -0.2) is 32.7 Å². The Balaban J connectivity index is 0.000000155. The lowest BCUT2D eigenvalue weighted by atomic mass is 10.0. The van der Waals surface area contributed by atoms with Gasteiger partial charge in [-0.1, -0.05) is 87.8 Å². The number of cyclic esters (lactones) is 3. The van der Waals surface area contributed by atoms with Gasteiger partial charge in [0.2, 0.25) is 0 Å². The molecular formula is C67H58Cl6F3N5O14. The molecule has 12 rings (SSSR count). The predicted octanol–water partition coefficient (Wildman–Crippen LogP) is 13.3. The van der Waals surface area contributed by atoms with E-state index in [9.17, 15) is 51.5 Å². The summed E-state index contributed by atoms with van der Waals surface area (Å²) in [5, 5.41) is 17.8. The number of ether oxygens (including phenoxy) is 5. The number of piperidine rings is 3. The SMILES string of the molecule is COC1CCN(C(=O)c2cc(/C=C3\OC(=O)c4cc(Cl)c(Cl)cc43)ccc2F)CC1.COC1CCN(C(=O)c2cc(CC(=O)O)ccc2F)CC1.COC1CCN(C(=O)c2cc(Cc3n[nH]c(=O)c4cc(Cl)c(Cl)cc34)ccc2F)CC1.O=C1OC(=O)c2cc(Cl)c(Cl)cc21. The van der Waals surface area contributed by atoms with Crippen molar-refractivity contribution in [2.75, 3.05) is 60.6 Å². The molecule has 5 aliphatic heterocycles. The van der Waals surface area contributed by atoms with E-state index in [1.54, 1.807) is 60.3 Å². The Kier molecular flexibility index (Phi) is 23.9. The molecule has 6 heterocycles. The van der Waals surface area contributed by atoms with Gasteiger partial charge in [0.15, 0.2) is 0 Å². The van der Waals surface area contributed by atoms with Gasteiger partial charge in [0.25, 0.3) is 23.3 Å². The average Bonchev–Trinajstić information content (AvgIpc) is 1.79. The number of carboxylic acid groups (broad SMARTS) is 1. The van der Waals surface area contributed by atoms with Crippen LogP contribution in [-0.4, -0.2) is 151 Å². The number of likely N-dealkylation sites (tertiary alicyclic amines) is 3. The van der Waals surface area contributed by atoms with Crippen LogP contribution in [0.1, 0.15) is 129 Å². The topological polar surface area (TPSA) is 241 Å². The Morgan fingerprint density at radius 3 is 1.33 bits per heavy atom. The number of aromatic nitrogens is 2. The number of esters is 3. The van der Waals surface area contributed by atoms with Gasteiger partial charge in [0.05, 0.1) is 99.3 Å². The van der Waals surface area contributed by atoms with Crippen LogP contribution in [0.4, 0.5) is 13.2 Å². The molecule has 0 spiro atoms. The third-order valence-corrected chi connectivity index (χ3v) is 18.5. The van der Waals surface area contributed by atoms with Crippen LogP contribution in [0.5, 0.6) is 0 Å². The van der Waals surface area contributed by atoms with Gasteiger partial charge < -0.3 is 43.5 Å². The third kappa shape index (κ3) is 17.2. The third-order valence-electron chi connectivity index (χ3n) is 16.3. The van der Waals surface area contributed by atoms with Crippen molar-refractivity contribution in [1.29, 1.82) is 0 Å². The molecule has 3 fully saturated rings. The molecule has 5 aliphatic rings. The molecule has 2 N–H and O–H groups in total. The number of carbonyl (C=O) groups excluding carboxylic acids is 6. The fourth-order valence-corrected chi connectivity index (χ4v) is 12.0. The van der Waals surface area contributed by atoms with Crippen molar-refractivity contribution in [3.8, 4) is 0 Å². The van der Waals surface area contributed by atoms with Crippen LogP contribution >= 0.6 is 69.6 Å². The summed E-state index contributed by atoms with van der Waals surface area (Å²) in [4.78, 5) is 99.9. The number of carbonyl (C=O) groups is 7. The minimum Gasteiger partial charge on any atom is -0.481 e. The maximum Gasteiger partial charge on any atom is 0.346 e. The summed E-state index contributed by atoms with van der Waals surface area (Å²) in [6.45, 7) is 3.08. The van der Waals surface area contributed by atoms with Crippen LogP contribution in [0.3, 0.4) is 0 Å². The smallest absolute Gasteiger partial charge is 0.346 e. The number of H-pyrrole nitrogens is 1. The van der Waals surface area contributed by atoms with Crippen molar-refractivity contribution >= 4 is 134 Å². The highest BCUT2D eigenvalue weighted by Crippen LogP contribution is 2.38. The molecule has 0 aliphatic carbocycles. The number of carboxylic acids is 1. The first-order valence-corrected chi connectivity index (χ1v) is 31.7. The standard InChI is InChI=1S/C22H20Cl2FN3O3.C22H18Cl2FNO4.C15H18FNO4.C8H2Cl2O3/c1-31-13-4-6-28(7-5-13)22(30)16-8-12(2-3-19(16)25)9-20-14-10-17(23)18(24)11-15(14)21(29)27-26-20;1-29-13-4-6-26(7-5-13)21(27)16-8-12(2-3-19(16)25)9-20-14-10-17(23)18(24)11-15(14)22(28)30-20;1-21-11-4-6-17(7-5-11)15(20)12-8-10(9-14(18)19)2-3-13(12)16;9-5-1-3-4(2-6(5)10)8(12)13-7(3)11/h2-3,8,10-11,13H,4-7,9H2,1H3,(H,27,29);2-3,8-11,13H,4-7H2,1H3;2-3,8,11H,4-7,9H2,1H3,(H,18,19);1-2H/b;20-9-;;. The van der Waals surface area contributed by atoms with Crippen LogP contribution in [-0.2, 0) is 41.3 Å². The van der Waals surface area contributed by atoms with Gasteiger partial charge in [-0.05, 0) is 134 Å². The highest BCUT2D eigenvalue weighted by Gasteiger charge is 2.33. The molecule has 498 valence electrons. The van der Waals surface area contributed by atoms with Crippen LogP contribution in [0, 0.1) is 17.5 Å². The van der Waals surface area contributed by atoms with Gasteiger partial charge in [0.1, 0.15) is 23.2 Å². The normalized spacial score (nSPS) is 16.0. The number of nitrogens with zero attached hydrogens (tertiary/aromatic N) is 4. The van der Waals surface area contributed by atoms with Crippen LogP contribution < -0.4 is 5.56 Å². The van der Waals surface area contributed by atoms with Gasteiger partial charge in [-0.2, -0.15) is 5.10 Å². The number of methoxy groups -OCH3 is 3. The first kappa shape index (κ1) is 71.4. The van der Waals surface area contributed by atoms with E-state index in [0.29, 0.717) is 101 Å². The first-order chi connectivity index (χ1) is 45.3. The average molecular weight is 1430 g/mol. The lowest BCUT2D eigenvalue weighted by Crippen LogP contribution is -2.41. The van der Waals surface area contributed by atoms with E-state index < -0.39 is 47.2 Å². The monoisotopic (exact) mass is 1420 g/mol. The van der Waals surface area contributed by atoms with Gasteiger partial charge >= 0.3 is 23.9 Å². The van der Waals surface area contributed by atoms with E-state index in [4.69, 9.17) is 93.7 Å². The van der Waals surface area contributed by atoms with E-state index in [0.717, 1.165) is 31.7 Å². The summed E-state index contributed by atoms with van der Waals surface area (Å²) in [6, 6.07) is 21.2. The fourth-order valence-electron chi connectivity index (χ4n) is 11.1. The van der Waals surface area contributed by atoms with Crippen molar-refractivity contribution in [2.45, 2.75) is 69.7 Å². The minimum absolute atomic E-state index is 0.0168. The lowest BCUT2D eigenvalue weighted by molar-refractivity contribution is -0.136. The van der Waals surface area contributed by atoms with Crippen molar-refractivity contribution in [3.05, 3.63) is 210 Å². The summed E-state index contributed by atoms with van der Waals surface area (Å²) < 4.78 is 68.3. The molecular weight excluding hydrogens is 1370 g/mol. The number of fused-ring (bicyclic) bond motifs is 3. The lowest BCUT2D eigenvalue weighted by Gasteiger charge is -2.31. The molecule has 3 amide bonds. The zero-order valence-corrected chi connectivity index (χ0v) is 55.3. The van der Waals surface area contributed by atoms with Gasteiger partial charge in [-0.15, -0.1) is 0 Å². The number of halogens is 9. The van der Waals surface area contributed by atoms with Crippen LogP contribution in [0.2, 0.25) is 30.1 Å². The quantitative estimate of drug-likeness (QED) is 0.0904. The number of aliphatic carboxylic acids is 1. The zero-order valence-electron chi connectivity index (χ0n) is 50.8. The summed E-state index contributed by atoms with van der Waals surface area (Å²) in [6.07, 6.45) is 6.31. The number of benzene rings is 6.